The van der Waals surface area contributed by atoms with Crippen molar-refractivity contribution >= 4 is 0 Å². The van der Waals surface area contributed by atoms with Gasteiger partial charge in [0.05, 0.1) is 12.2 Å². The van der Waals surface area contributed by atoms with E-state index in [0.717, 1.165) is 51.7 Å². The predicted octanol–water partition coefficient (Wildman–Crippen LogP) is 2.11. The zero-order valence-electron chi connectivity index (χ0n) is 10.1. The molecule has 0 aliphatic rings. The average Bonchev–Trinajstić information content (AvgIpc) is 2.14. The van der Waals surface area contributed by atoms with E-state index in [1.807, 2.05) is 13.8 Å². The molecule has 0 aromatic carbocycles. The second-order valence-corrected chi connectivity index (χ2v) is 4.30. The summed E-state index contributed by atoms with van der Waals surface area (Å²) in [5, 5.41) is 18.0. The molecule has 0 heterocycles. The SMILES string of the molecule is CC(O)CCCCOCCCCC(C)O. The fourth-order valence-corrected chi connectivity index (χ4v) is 1.39. The molecule has 15 heavy (non-hydrogen) atoms. The topological polar surface area (TPSA) is 49.7 Å². The Hall–Kier alpha value is -0.120. The van der Waals surface area contributed by atoms with Crippen molar-refractivity contribution in [1.82, 2.24) is 0 Å². The summed E-state index contributed by atoms with van der Waals surface area (Å²) in [4.78, 5) is 0. The third kappa shape index (κ3) is 13.9. The first-order chi connectivity index (χ1) is 7.13. The van der Waals surface area contributed by atoms with Crippen LogP contribution in [0.1, 0.15) is 52.4 Å². The first-order valence-electron chi connectivity index (χ1n) is 6.06. The maximum absolute atomic E-state index is 9.01. The summed E-state index contributed by atoms with van der Waals surface area (Å²) in [6.45, 7) is 5.22. The molecule has 0 aromatic rings. The molecule has 0 amide bonds. The summed E-state index contributed by atoms with van der Waals surface area (Å²) in [6.07, 6.45) is 5.49. The van der Waals surface area contributed by atoms with E-state index in [0.29, 0.717) is 0 Å². The lowest BCUT2D eigenvalue weighted by atomic mass is 10.2. The lowest BCUT2D eigenvalue weighted by Gasteiger charge is -2.06. The molecule has 2 atom stereocenters. The second kappa shape index (κ2) is 10.4. The van der Waals surface area contributed by atoms with Crippen molar-refractivity contribution in [1.29, 1.82) is 0 Å². The third-order valence-corrected chi connectivity index (χ3v) is 2.32. The van der Waals surface area contributed by atoms with Crippen LogP contribution in [-0.2, 0) is 4.74 Å². The highest BCUT2D eigenvalue weighted by Gasteiger charge is 1.97. The Labute approximate surface area is 93.5 Å². The predicted molar refractivity (Wildman–Crippen MR) is 61.9 cm³/mol. The standard InChI is InChI=1S/C12H26O3/c1-11(13)7-3-5-9-15-10-6-4-8-12(2)14/h11-14H,3-10H2,1-2H3. The molecule has 0 fully saturated rings. The van der Waals surface area contributed by atoms with E-state index in [1.54, 1.807) is 0 Å². The average molecular weight is 218 g/mol. The molecule has 92 valence electrons. The number of rotatable bonds is 10. The second-order valence-electron chi connectivity index (χ2n) is 4.30. The highest BCUT2D eigenvalue weighted by molar-refractivity contribution is 4.49. The zero-order chi connectivity index (χ0) is 11.5. The van der Waals surface area contributed by atoms with Crippen LogP contribution in [0.15, 0.2) is 0 Å². The first-order valence-corrected chi connectivity index (χ1v) is 6.06. The van der Waals surface area contributed by atoms with Gasteiger partial charge in [-0.2, -0.15) is 0 Å². The van der Waals surface area contributed by atoms with Gasteiger partial charge in [0.2, 0.25) is 0 Å². The van der Waals surface area contributed by atoms with Crippen molar-refractivity contribution in [2.24, 2.45) is 0 Å². The van der Waals surface area contributed by atoms with Crippen molar-refractivity contribution in [2.45, 2.75) is 64.6 Å². The van der Waals surface area contributed by atoms with Gasteiger partial charge in [-0.15, -0.1) is 0 Å². The van der Waals surface area contributed by atoms with Crippen molar-refractivity contribution in [2.75, 3.05) is 13.2 Å². The Morgan fingerprint density at radius 2 is 1.20 bits per heavy atom. The van der Waals surface area contributed by atoms with Crippen LogP contribution in [0.2, 0.25) is 0 Å². The molecule has 2 unspecified atom stereocenters. The molecule has 3 nitrogen and oxygen atoms in total. The van der Waals surface area contributed by atoms with Crippen LogP contribution in [0.5, 0.6) is 0 Å². The number of ether oxygens (including phenoxy) is 1. The van der Waals surface area contributed by atoms with E-state index in [9.17, 15) is 0 Å². The normalized spacial score (nSPS) is 15.2. The molecule has 0 radical (unpaired) electrons. The van der Waals surface area contributed by atoms with Crippen LogP contribution in [0.4, 0.5) is 0 Å². The number of aliphatic hydroxyl groups is 2. The Balaban J connectivity index is 2.93. The molecule has 3 heteroatoms. The van der Waals surface area contributed by atoms with E-state index >= 15 is 0 Å². The van der Waals surface area contributed by atoms with Crippen LogP contribution in [0.25, 0.3) is 0 Å². The Morgan fingerprint density at radius 1 is 0.800 bits per heavy atom. The van der Waals surface area contributed by atoms with E-state index in [2.05, 4.69) is 0 Å². The maximum Gasteiger partial charge on any atom is 0.0512 e. The first kappa shape index (κ1) is 14.9. The maximum atomic E-state index is 9.01. The van der Waals surface area contributed by atoms with Crippen LogP contribution in [0, 0.1) is 0 Å². The largest absolute Gasteiger partial charge is 0.393 e. The number of unbranched alkanes of at least 4 members (excludes halogenated alkanes) is 2. The van der Waals surface area contributed by atoms with Crippen molar-refractivity contribution in [3.8, 4) is 0 Å². The molecule has 0 rings (SSSR count). The van der Waals surface area contributed by atoms with E-state index in [1.165, 1.54) is 0 Å². The number of hydrogen-bond donors (Lipinski definition) is 2. The summed E-state index contributed by atoms with van der Waals surface area (Å²) in [6, 6.07) is 0. The lowest BCUT2D eigenvalue weighted by molar-refractivity contribution is 0.115. The van der Waals surface area contributed by atoms with Gasteiger partial charge in [0, 0.05) is 13.2 Å². The molecule has 0 spiro atoms. The van der Waals surface area contributed by atoms with Gasteiger partial charge in [0.15, 0.2) is 0 Å². The smallest absolute Gasteiger partial charge is 0.0512 e. The van der Waals surface area contributed by atoms with E-state index < -0.39 is 0 Å². The van der Waals surface area contributed by atoms with Crippen LogP contribution >= 0.6 is 0 Å². The minimum absolute atomic E-state index is 0.184. The molecule has 0 aliphatic carbocycles. The molecular formula is C12H26O3. The Morgan fingerprint density at radius 3 is 1.53 bits per heavy atom. The number of aliphatic hydroxyl groups excluding tert-OH is 2. The van der Waals surface area contributed by atoms with Crippen LogP contribution in [0.3, 0.4) is 0 Å². The lowest BCUT2D eigenvalue weighted by Crippen LogP contribution is -2.03. The van der Waals surface area contributed by atoms with E-state index in [4.69, 9.17) is 14.9 Å². The van der Waals surface area contributed by atoms with Crippen molar-refractivity contribution < 1.29 is 14.9 Å². The summed E-state index contributed by atoms with van der Waals surface area (Å²) < 4.78 is 5.43. The molecule has 0 aromatic heterocycles. The van der Waals surface area contributed by atoms with Crippen LogP contribution < -0.4 is 0 Å². The molecule has 0 saturated heterocycles. The minimum Gasteiger partial charge on any atom is -0.393 e. The van der Waals surface area contributed by atoms with Crippen molar-refractivity contribution in [3.63, 3.8) is 0 Å². The van der Waals surface area contributed by atoms with Gasteiger partial charge in [-0.1, -0.05) is 0 Å². The van der Waals surface area contributed by atoms with Gasteiger partial charge < -0.3 is 14.9 Å². The molecule has 0 bridgehead atoms. The van der Waals surface area contributed by atoms with Gasteiger partial charge in [-0.25, -0.2) is 0 Å². The van der Waals surface area contributed by atoms with Crippen molar-refractivity contribution in [3.05, 3.63) is 0 Å². The fraction of sp³-hybridized carbons (Fsp3) is 1.00. The van der Waals surface area contributed by atoms with E-state index in [-0.39, 0.29) is 12.2 Å². The summed E-state index contributed by atoms with van der Waals surface area (Å²) >= 11 is 0. The highest BCUT2D eigenvalue weighted by atomic mass is 16.5. The summed E-state index contributed by atoms with van der Waals surface area (Å²) in [5.41, 5.74) is 0. The molecule has 0 saturated carbocycles. The van der Waals surface area contributed by atoms with Gasteiger partial charge >= 0.3 is 0 Å². The third-order valence-electron chi connectivity index (χ3n) is 2.32. The zero-order valence-corrected chi connectivity index (χ0v) is 10.1. The molecular weight excluding hydrogens is 192 g/mol. The minimum atomic E-state index is -0.184. The fourth-order valence-electron chi connectivity index (χ4n) is 1.39. The van der Waals surface area contributed by atoms with Gasteiger partial charge in [0.25, 0.3) is 0 Å². The quantitative estimate of drug-likeness (QED) is 0.552. The highest BCUT2D eigenvalue weighted by Crippen LogP contribution is 2.02. The van der Waals surface area contributed by atoms with Gasteiger partial charge in [-0.3, -0.25) is 0 Å². The van der Waals surface area contributed by atoms with Gasteiger partial charge in [0.1, 0.15) is 0 Å². The Bertz CT molecular complexity index is 110. The number of hydrogen-bond acceptors (Lipinski definition) is 3. The van der Waals surface area contributed by atoms with Gasteiger partial charge in [-0.05, 0) is 52.4 Å². The summed E-state index contributed by atoms with van der Waals surface area (Å²) in [5.74, 6) is 0. The van der Waals surface area contributed by atoms with Crippen LogP contribution in [-0.4, -0.2) is 35.6 Å². The molecule has 2 N–H and O–H groups in total. The summed E-state index contributed by atoms with van der Waals surface area (Å²) in [7, 11) is 0. The Kier molecular flexibility index (Phi) is 10.3. The monoisotopic (exact) mass is 218 g/mol. The molecule has 0 aliphatic heterocycles.